The molecule has 2 rings (SSSR count). The zero-order valence-electron chi connectivity index (χ0n) is 8.11. The highest BCUT2D eigenvalue weighted by Gasteiger charge is 2.18. The Bertz CT molecular complexity index is 395. The molecule has 0 unspecified atom stereocenters. The van der Waals surface area contributed by atoms with Crippen LogP contribution in [0.4, 0.5) is 0 Å². The van der Waals surface area contributed by atoms with E-state index in [0.29, 0.717) is 6.54 Å². The molecule has 1 aliphatic rings. The average molecular weight is 318 g/mol. The molecule has 0 spiro atoms. The van der Waals surface area contributed by atoms with E-state index in [4.69, 9.17) is 5.11 Å². The standard InChI is InChI=1S/C10H11IN2O2/c11-9-2-1-7-5-13(6-10(14)15)4-3-8(7)12-9/h1-2H,3-6H2,(H,14,15). The van der Waals surface area contributed by atoms with E-state index in [1.54, 1.807) is 0 Å². The van der Waals surface area contributed by atoms with Crippen molar-refractivity contribution < 1.29 is 9.90 Å². The average Bonchev–Trinajstić information content (AvgIpc) is 2.17. The first-order valence-corrected chi connectivity index (χ1v) is 5.81. The predicted molar refractivity (Wildman–Crippen MR) is 63.6 cm³/mol. The molecule has 4 nitrogen and oxygen atoms in total. The number of carbonyl (C=O) groups is 1. The molecule has 0 aromatic carbocycles. The van der Waals surface area contributed by atoms with Gasteiger partial charge in [0.25, 0.3) is 0 Å². The lowest BCUT2D eigenvalue weighted by Gasteiger charge is -2.26. The van der Waals surface area contributed by atoms with Crippen molar-refractivity contribution in [2.75, 3.05) is 13.1 Å². The van der Waals surface area contributed by atoms with Gasteiger partial charge in [0.05, 0.1) is 6.54 Å². The number of carboxylic acid groups (broad SMARTS) is 1. The van der Waals surface area contributed by atoms with E-state index < -0.39 is 5.97 Å². The summed E-state index contributed by atoms with van der Waals surface area (Å²) in [6, 6.07) is 4.00. The first-order valence-electron chi connectivity index (χ1n) is 4.73. The van der Waals surface area contributed by atoms with Crippen LogP contribution in [-0.2, 0) is 17.8 Å². The second-order valence-corrected chi connectivity index (χ2v) is 4.70. The Balaban J connectivity index is 2.13. The molecular weight excluding hydrogens is 307 g/mol. The Morgan fingerprint density at radius 3 is 3.13 bits per heavy atom. The highest BCUT2D eigenvalue weighted by molar-refractivity contribution is 14.1. The molecule has 1 aromatic rings. The van der Waals surface area contributed by atoms with Crippen LogP contribution in [0.2, 0.25) is 0 Å². The van der Waals surface area contributed by atoms with Crippen molar-refractivity contribution in [1.29, 1.82) is 0 Å². The molecule has 1 N–H and O–H groups in total. The van der Waals surface area contributed by atoms with Crippen LogP contribution in [0.25, 0.3) is 0 Å². The lowest BCUT2D eigenvalue weighted by Crippen LogP contribution is -2.35. The summed E-state index contributed by atoms with van der Waals surface area (Å²) < 4.78 is 0.998. The van der Waals surface area contributed by atoms with E-state index in [1.165, 1.54) is 0 Å². The first kappa shape index (κ1) is 10.8. The fourth-order valence-electron chi connectivity index (χ4n) is 1.77. The van der Waals surface area contributed by atoms with Crippen molar-refractivity contribution in [3.05, 3.63) is 27.1 Å². The first-order chi connectivity index (χ1) is 7.15. The third-order valence-corrected chi connectivity index (χ3v) is 3.05. The van der Waals surface area contributed by atoms with Gasteiger partial charge in [0.2, 0.25) is 0 Å². The van der Waals surface area contributed by atoms with Crippen LogP contribution in [-0.4, -0.2) is 34.0 Å². The third-order valence-electron chi connectivity index (χ3n) is 2.45. The Morgan fingerprint density at radius 1 is 1.60 bits per heavy atom. The number of carboxylic acids is 1. The summed E-state index contributed by atoms with van der Waals surface area (Å²) in [5.74, 6) is -0.767. The summed E-state index contributed by atoms with van der Waals surface area (Å²) in [4.78, 5) is 16.9. The quantitative estimate of drug-likeness (QED) is 0.656. The summed E-state index contributed by atoms with van der Waals surface area (Å²) in [5, 5.41) is 8.70. The van der Waals surface area contributed by atoms with Crippen molar-refractivity contribution in [1.82, 2.24) is 9.88 Å². The van der Waals surface area contributed by atoms with Crippen molar-refractivity contribution in [2.24, 2.45) is 0 Å². The van der Waals surface area contributed by atoms with Gasteiger partial charge in [-0.25, -0.2) is 4.98 Å². The number of aromatic nitrogens is 1. The van der Waals surface area contributed by atoms with Crippen LogP contribution >= 0.6 is 22.6 Å². The lowest BCUT2D eigenvalue weighted by atomic mass is 10.1. The van der Waals surface area contributed by atoms with Crippen molar-refractivity contribution in [3.63, 3.8) is 0 Å². The number of nitrogens with zero attached hydrogens (tertiary/aromatic N) is 2. The van der Waals surface area contributed by atoms with Crippen molar-refractivity contribution in [2.45, 2.75) is 13.0 Å². The number of halogens is 1. The molecule has 0 bridgehead atoms. The number of pyridine rings is 1. The van der Waals surface area contributed by atoms with E-state index >= 15 is 0 Å². The second-order valence-electron chi connectivity index (χ2n) is 3.59. The van der Waals surface area contributed by atoms with E-state index in [9.17, 15) is 4.79 Å². The summed E-state index contributed by atoms with van der Waals surface area (Å²) >= 11 is 2.19. The van der Waals surface area contributed by atoms with Gasteiger partial charge in [0.1, 0.15) is 3.70 Å². The van der Waals surface area contributed by atoms with E-state index in [0.717, 1.165) is 27.9 Å². The molecule has 0 saturated heterocycles. The molecule has 5 heteroatoms. The smallest absolute Gasteiger partial charge is 0.317 e. The molecule has 0 atom stereocenters. The molecule has 0 amide bonds. The van der Waals surface area contributed by atoms with Gasteiger partial charge in [-0.1, -0.05) is 6.07 Å². The molecule has 15 heavy (non-hydrogen) atoms. The minimum atomic E-state index is -0.767. The molecule has 2 heterocycles. The molecule has 80 valence electrons. The second kappa shape index (κ2) is 4.44. The molecular formula is C10H11IN2O2. The van der Waals surface area contributed by atoms with E-state index in [2.05, 4.69) is 27.6 Å². The van der Waals surface area contributed by atoms with Gasteiger partial charge < -0.3 is 5.11 Å². The molecule has 0 radical (unpaired) electrons. The summed E-state index contributed by atoms with van der Waals surface area (Å²) in [5.41, 5.74) is 2.27. The number of hydrogen-bond acceptors (Lipinski definition) is 3. The number of fused-ring (bicyclic) bond motifs is 1. The Hall–Kier alpha value is -0.690. The maximum absolute atomic E-state index is 10.6. The molecule has 0 saturated carbocycles. The van der Waals surface area contributed by atoms with Crippen LogP contribution in [0.3, 0.4) is 0 Å². The number of hydrogen-bond donors (Lipinski definition) is 1. The highest BCUT2D eigenvalue weighted by Crippen LogP contribution is 2.17. The fourth-order valence-corrected chi connectivity index (χ4v) is 2.25. The van der Waals surface area contributed by atoms with Gasteiger partial charge in [-0.3, -0.25) is 9.69 Å². The maximum atomic E-state index is 10.6. The molecule has 0 fully saturated rings. The zero-order valence-corrected chi connectivity index (χ0v) is 10.3. The van der Waals surface area contributed by atoms with Crippen LogP contribution in [0.1, 0.15) is 11.3 Å². The van der Waals surface area contributed by atoms with Crippen LogP contribution in [0.5, 0.6) is 0 Å². The summed E-state index contributed by atoms with van der Waals surface area (Å²) in [7, 11) is 0. The normalized spacial score (nSPS) is 16.1. The van der Waals surface area contributed by atoms with E-state index in [-0.39, 0.29) is 6.54 Å². The Kier molecular flexibility index (Phi) is 3.20. The zero-order chi connectivity index (χ0) is 10.8. The van der Waals surface area contributed by atoms with Gasteiger partial charge in [0.15, 0.2) is 0 Å². The van der Waals surface area contributed by atoms with Crippen LogP contribution in [0.15, 0.2) is 12.1 Å². The number of aliphatic carboxylic acids is 1. The van der Waals surface area contributed by atoms with Gasteiger partial charge in [-0.15, -0.1) is 0 Å². The van der Waals surface area contributed by atoms with Crippen LogP contribution in [0, 0.1) is 3.70 Å². The van der Waals surface area contributed by atoms with Crippen molar-refractivity contribution >= 4 is 28.6 Å². The number of rotatable bonds is 2. The van der Waals surface area contributed by atoms with Gasteiger partial charge >= 0.3 is 5.97 Å². The SMILES string of the molecule is O=C(O)CN1CCc2nc(I)ccc2C1. The van der Waals surface area contributed by atoms with Gasteiger partial charge in [0, 0.05) is 25.2 Å². The van der Waals surface area contributed by atoms with E-state index in [1.807, 2.05) is 17.0 Å². The maximum Gasteiger partial charge on any atom is 0.317 e. The fraction of sp³-hybridized carbons (Fsp3) is 0.400. The Labute approximate surface area is 101 Å². The van der Waals surface area contributed by atoms with Gasteiger partial charge in [-0.05, 0) is 34.2 Å². The third kappa shape index (κ3) is 2.66. The lowest BCUT2D eigenvalue weighted by molar-refractivity contribution is -0.138. The molecule has 1 aromatic heterocycles. The van der Waals surface area contributed by atoms with Crippen LogP contribution < -0.4 is 0 Å². The molecule has 0 aliphatic carbocycles. The minimum absolute atomic E-state index is 0.116. The summed E-state index contributed by atoms with van der Waals surface area (Å²) in [6.45, 7) is 1.60. The topological polar surface area (TPSA) is 53.4 Å². The minimum Gasteiger partial charge on any atom is -0.480 e. The summed E-state index contributed by atoms with van der Waals surface area (Å²) in [6.07, 6.45) is 0.847. The monoisotopic (exact) mass is 318 g/mol. The largest absolute Gasteiger partial charge is 0.480 e. The predicted octanol–water partition coefficient (Wildman–Crippen LogP) is 1.13. The molecule has 1 aliphatic heterocycles. The van der Waals surface area contributed by atoms with Gasteiger partial charge in [-0.2, -0.15) is 0 Å². The highest BCUT2D eigenvalue weighted by atomic mass is 127. The Morgan fingerprint density at radius 2 is 2.40 bits per heavy atom. The van der Waals surface area contributed by atoms with Crippen molar-refractivity contribution in [3.8, 4) is 0 Å².